The highest BCUT2D eigenvalue weighted by Gasteiger charge is 2.22. The van der Waals surface area contributed by atoms with Gasteiger partial charge in [0, 0.05) is 30.3 Å². The maximum absolute atomic E-state index is 5.68. The number of fused-ring (bicyclic) bond motifs is 1. The maximum Gasteiger partial charge on any atom is 0.122 e. The van der Waals surface area contributed by atoms with Crippen molar-refractivity contribution in [2.24, 2.45) is 0 Å². The lowest BCUT2D eigenvalue weighted by atomic mass is 10.0. The highest BCUT2D eigenvalue weighted by Crippen LogP contribution is 2.32. The van der Waals surface area contributed by atoms with E-state index in [1.165, 1.54) is 5.56 Å². The van der Waals surface area contributed by atoms with Crippen molar-refractivity contribution in [2.45, 2.75) is 19.4 Å². The minimum atomic E-state index is 0.445. The van der Waals surface area contributed by atoms with Gasteiger partial charge in [-0.2, -0.15) is 0 Å². The summed E-state index contributed by atoms with van der Waals surface area (Å²) >= 11 is 0. The van der Waals surface area contributed by atoms with Crippen LogP contribution in [0.15, 0.2) is 42.5 Å². The lowest BCUT2D eigenvalue weighted by Gasteiger charge is -2.10. The van der Waals surface area contributed by atoms with Crippen LogP contribution >= 0.6 is 0 Å². The third-order valence-corrected chi connectivity index (χ3v) is 3.44. The Kier molecular flexibility index (Phi) is 3.47. The summed E-state index contributed by atoms with van der Waals surface area (Å²) < 4.78 is 5.68. The lowest BCUT2D eigenvalue weighted by Crippen LogP contribution is -2.22. The standard InChI is InChI=1S/C16H18N2O/c1-12-5-4-6-14(18-12)10-17-9-13-11-19-16-8-3-2-7-15(13)16/h2-8,13,17H,9-11H2,1H3. The number of hydrogen-bond acceptors (Lipinski definition) is 3. The van der Waals surface area contributed by atoms with Gasteiger partial charge in [-0.15, -0.1) is 0 Å². The predicted molar refractivity (Wildman–Crippen MR) is 75.4 cm³/mol. The Morgan fingerprint density at radius 3 is 3.00 bits per heavy atom. The van der Waals surface area contributed by atoms with Gasteiger partial charge >= 0.3 is 0 Å². The van der Waals surface area contributed by atoms with E-state index < -0.39 is 0 Å². The molecule has 1 aliphatic rings. The van der Waals surface area contributed by atoms with Crippen molar-refractivity contribution >= 4 is 0 Å². The molecule has 0 saturated heterocycles. The molecule has 2 heterocycles. The number of nitrogens with zero attached hydrogens (tertiary/aromatic N) is 1. The number of benzene rings is 1. The summed E-state index contributed by atoms with van der Waals surface area (Å²) in [5, 5.41) is 3.47. The molecule has 0 bridgehead atoms. The molecule has 2 aromatic rings. The number of pyridine rings is 1. The van der Waals surface area contributed by atoms with Gasteiger partial charge in [0.25, 0.3) is 0 Å². The minimum absolute atomic E-state index is 0.445. The Morgan fingerprint density at radius 2 is 2.11 bits per heavy atom. The molecule has 1 unspecified atom stereocenters. The molecule has 0 spiro atoms. The molecule has 3 heteroatoms. The van der Waals surface area contributed by atoms with Gasteiger partial charge in [-0.05, 0) is 25.1 Å². The molecule has 0 radical (unpaired) electrons. The zero-order chi connectivity index (χ0) is 13.1. The molecule has 3 nitrogen and oxygen atoms in total. The van der Waals surface area contributed by atoms with Crippen molar-refractivity contribution in [3.63, 3.8) is 0 Å². The van der Waals surface area contributed by atoms with Gasteiger partial charge in [0.1, 0.15) is 5.75 Å². The van der Waals surface area contributed by atoms with E-state index in [2.05, 4.69) is 28.5 Å². The van der Waals surface area contributed by atoms with Crippen LogP contribution in [-0.4, -0.2) is 18.1 Å². The van der Waals surface area contributed by atoms with Crippen LogP contribution in [0.5, 0.6) is 5.75 Å². The van der Waals surface area contributed by atoms with Crippen LogP contribution < -0.4 is 10.1 Å². The number of hydrogen-bond donors (Lipinski definition) is 1. The number of ether oxygens (including phenoxy) is 1. The van der Waals surface area contributed by atoms with E-state index >= 15 is 0 Å². The topological polar surface area (TPSA) is 34.1 Å². The average molecular weight is 254 g/mol. The normalized spacial score (nSPS) is 17.0. The summed E-state index contributed by atoms with van der Waals surface area (Å²) in [5.41, 5.74) is 3.47. The van der Waals surface area contributed by atoms with Crippen molar-refractivity contribution in [3.8, 4) is 5.75 Å². The van der Waals surface area contributed by atoms with Gasteiger partial charge in [0.15, 0.2) is 0 Å². The first-order valence-corrected chi connectivity index (χ1v) is 6.68. The highest BCUT2D eigenvalue weighted by molar-refractivity contribution is 5.39. The number of rotatable bonds is 4. The second-order valence-corrected chi connectivity index (χ2v) is 4.95. The van der Waals surface area contributed by atoms with E-state index in [0.717, 1.165) is 36.8 Å². The molecule has 1 N–H and O–H groups in total. The highest BCUT2D eigenvalue weighted by atomic mass is 16.5. The van der Waals surface area contributed by atoms with E-state index in [0.29, 0.717) is 5.92 Å². The molecule has 0 saturated carbocycles. The van der Waals surface area contributed by atoms with E-state index in [-0.39, 0.29) is 0 Å². The Balaban J connectivity index is 1.57. The molecule has 1 aromatic heterocycles. The van der Waals surface area contributed by atoms with Gasteiger partial charge in [-0.1, -0.05) is 24.3 Å². The van der Waals surface area contributed by atoms with Crippen molar-refractivity contribution in [1.82, 2.24) is 10.3 Å². The molecule has 0 fully saturated rings. The second-order valence-electron chi connectivity index (χ2n) is 4.95. The molecule has 3 rings (SSSR count). The van der Waals surface area contributed by atoms with Gasteiger partial charge in [-0.3, -0.25) is 4.98 Å². The molecule has 1 aromatic carbocycles. The SMILES string of the molecule is Cc1cccc(CNCC2COc3ccccc32)n1. The molecule has 1 atom stereocenters. The molecule has 0 aliphatic carbocycles. The summed E-state index contributed by atoms with van der Waals surface area (Å²) in [6.07, 6.45) is 0. The van der Waals surface area contributed by atoms with Crippen LogP contribution in [-0.2, 0) is 6.54 Å². The van der Waals surface area contributed by atoms with Crippen LogP contribution in [0.4, 0.5) is 0 Å². The Labute approximate surface area is 113 Å². The summed E-state index contributed by atoms with van der Waals surface area (Å²) in [6.45, 7) is 4.52. The summed E-state index contributed by atoms with van der Waals surface area (Å²) in [4.78, 5) is 4.49. The third-order valence-electron chi connectivity index (χ3n) is 3.44. The Hall–Kier alpha value is -1.87. The largest absolute Gasteiger partial charge is 0.493 e. The van der Waals surface area contributed by atoms with Gasteiger partial charge in [-0.25, -0.2) is 0 Å². The van der Waals surface area contributed by atoms with Crippen LogP contribution in [0, 0.1) is 6.92 Å². The molecule has 98 valence electrons. The van der Waals surface area contributed by atoms with Crippen molar-refractivity contribution < 1.29 is 4.74 Å². The van der Waals surface area contributed by atoms with E-state index in [1.54, 1.807) is 0 Å². The first kappa shape index (κ1) is 12.2. The van der Waals surface area contributed by atoms with E-state index in [4.69, 9.17) is 4.74 Å². The first-order chi connectivity index (χ1) is 9.33. The first-order valence-electron chi connectivity index (χ1n) is 6.68. The van der Waals surface area contributed by atoms with Crippen LogP contribution in [0.1, 0.15) is 22.9 Å². The van der Waals surface area contributed by atoms with Crippen LogP contribution in [0.2, 0.25) is 0 Å². The fraction of sp³-hybridized carbons (Fsp3) is 0.312. The zero-order valence-corrected chi connectivity index (χ0v) is 11.1. The minimum Gasteiger partial charge on any atom is -0.493 e. The van der Waals surface area contributed by atoms with Gasteiger partial charge < -0.3 is 10.1 Å². The number of aryl methyl sites for hydroxylation is 1. The predicted octanol–water partition coefficient (Wildman–Crippen LogP) is 2.66. The number of nitrogens with one attached hydrogen (secondary N) is 1. The van der Waals surface area contributed by atoms with E-state index in [1.807, 2.05) is 31.2 Å². The summed E-state index contributed by atoms with van der Waals surface area (Å²) in [7, 11) is 0. The third kappa shape index (κ3) is 2.76. The van der Waals surface area contributed by atoms with Gasteiger partial charge in [0.2, 0.25) is 0 Å². The summed E-state index contributed by atoms with van der Waals surface area (Å²) in [5.74, 6) is 1.48. The fourth-order valence-electron chi connectivity index (χ4n) is 2.47. The molecule has 1 aliphatic heterocycles. The van der Waals surface area contributed by atoms with Crippen molar-refractivity contribution in [2.75, 3.05) is 13.2 Å². The lowest BCUT2D eigenvalue weighted by molar-refractivity contribution is 0.326. The van der Waals surface area contributed by atoms with Crippen LogP contribution in [0.3, 0.4) is 0 Å². The summed E-state index contributed by atoms with van der Waals surface area (Å²) in [6, 6.07) is 14.4. The quantitative estimate of drug-likeness (QED) is 0.910. The molecular formula is C16H18N2O. The smallest absolute Gasteiger partial charge is 0.122 e. The molecule has 0 amide bonds. The van der Waals surface area contributed by atoms with Crippen LogP contribution in [0.25, 0.3) is 0 Å². The Bertz CT molecular complexity index is 568. The average Bonchev–Trinajstić information content (AvgIpc) is 2.83. The second kappa shape index (κ2) is 5.41. The fourth-order valence-corrected chi connectivity index (χ4v) is 2.47. The Morgan fingerprint density at radius 1 is 1.21 bits per heavy atom. The zero-order valence-electron chi connectivity index (χ0n) is 11.1. The number of aromatic nitrogens is 1. The van der Waals surface area contributed by atoms with Crippen molar-refractivity contribution in [1.29, 1.82) is 0 Å². The van der Waals surface area contributed by atoms with Gasteiger partial charge in [0.05, 0.1) is 12.3 Å². The monoisotopic (exact) mass is 254 g/mol. The maximum atomic E-state index is 5.68. The van der Waals surface area contributed by atoms with Crippen molar-refractivity contribution in [3.05, 3.63) is 59.4 Å². The number of para-hydroxylation sites is 1. The molecular weight excluding hydrogens is 236 g/mol. The molecule has 19 heavy (non-hydrogen) atoms. The van der Waals surface area contributed by atoms with E-state index in [9.17, 15) is 0 Å².